The highest BCUT2D eigenvalue weighted by molar-refractivity contribution is 6.01. The Morgan fingerprint density at radius 3 is 2.12 bits per heavy atom. The SMILES string of the molecule is CN(C)C(=O)c1cc2cnc(Nc3ccc(N4CCN(C5CCN(c6ccc(C7CCC(=O)NC7=O)cc6)CC5)CC4)cc3)nc2n1C1CCCC1. The predicted octanol–water partition coefficient (Wildman–Crippen LogP) is 5.30. The number of carbonyl (C=O) groups is 3. The Bertz CT molecular complexity index is 1920. The number of imide groups is 1. The second-order valence-corrected chi connectivity index (χ2v) is 15.0. The van der Waals surface area contributed by atoms with Crippen molar-refractivity contribution in [1.82, 2.24) is 29.7 Å². The molecule has 8 rings (SSSR count). The molecule has 0 spiro atoms. The summed E-state index contributed by atoms with van der Waals surface area (Å²) in [4.78, 5) is 55.6. The molecule has 2 aromatic carbocycles. The average molecular weight is 704 g/mol. The van der Waals surface area contributed by atoms with Gasteiger partial charge in [-0.3, -0.25) is 24.6 Å². The van der Waals surface area contributed by atoms with Crippen LogP contribution < -0.4 is 20.4 Å². The third-order valence-corrected chi connectivity index (χ3v) is 11.6. The number of hydrogen-bond donors (Lipinski definition) is 2. The molecule has 4 aliphatic rings. The van der Waals surface area contributed by atoms with Gasteiger partial charge in [0.15, 0.2) is 0 Å². The third-order valence-electron chi connectivity index (χ3n) is 11.6. The number of benzene rings is 2. The van der Waals surface area contributed by atoms with Crippen LogP contribution >= 0.6 is 0 Å². The van der Waals surface area contributed by atoms with Gasteiger partial charge in [0.05, 0.1) is 5.92 Å². The Morgan fingerprint density at radius 2 is 1.46 bits per heavy atom. The van der Waals surface area contributed by atoms with Crippen molar-refractivity contribution in [2.24, 2.45) is 0 Å². The summed E-state index contributed by atoms with van der Waals surface area (Å²) < 4.78 is 2.15. The van der Waals surface area contributed by atoms with E-state index in [0.717, 1.165) is 87.2 Å². The molecule has 4 fully saturated rings. The van der Waals surface area contributed by atoms with Crippen molar-refractivity contribution in [3.05, 3.63) is 72.1 Å². The second kappa shape index (κ2) is 14.6. The van der Waals surface area contributed by atoms with Crippen LogP contribution in [0.15, 0.2) is 60.8 Å². The van der Waals surface area contributed by atoms with Crippen LogP contribution in [0.4, 0.5) is 23.0 Å². The lowest BCUT2D eigenvalue weighted by atomic mass is 9.90. The maximum absolute atomic E-state index is 13.1. The first-order valence-corrected chi connectivity index (χ1v) is 18.9. The van der Waals surface area contributed by atoms with E-state index in [1.54, 1.807) is 19.0 Å². The van der Waals surface area contributed by atoms with Crippen LogP contribution in [-0.4, -0.2) is 101 Å². The summed E-state index contributed by atoms with van der Waals surface area (Å²) in [6, 6.07) is 19.7. The summed E-state index contributed by atoms with van der Waals surface area (Å²) in [5, 5.41) is 6.76. The molecule has 5 heterocycles. The minimum Gasteiger partial charge on any atom is -0.371 e. The molecule has 1 atom stereocenters. The quantitative estimate of drug-likeness (QED) is 0.236. The molecule has 3 saturated heterocycles. The molecule has 52 heavy (non-hydrogen) atoms. The molecular formula is C40H49N9O3. The summed E-state index contributed by atoms with van der Waals surface area (Å²) in [6.45, 7) is 6.16. The Kier molecular flexibility index (Phi) is 9.57. The standard InChI is InChI=1S/C40H49N9O3/c1-45(2)39(52)35-25-28-26-41-40(44-37(28)49(35)33-5-3-4-6-33)42-29-9-13-31(14-10-29)47-21-23-48(24-22-47)32-17-19-46(20-18-32)30-11-7-27(8-12-30)34-15-16-36(50)43-38(34)51/h7-14,25-26,32-34H,3-6,15-24H2,1-2H3,(H,41,42,44)(H,43,50,51). The summed E-state index contributed by atoms with van der Waals surface area (Å²) in [7, 11) is 3.59. The molecule has 12 heteroatoms. The Balaban J connectivity index is 0.839. The van der Waals surface area contributed by atoms with Gasteiger partial charge in [-0.05, 0) is 80.1 Å². The second-order valence-electron chi connectivity index (χ2n) is 15.0. The van der Waals surface area contributed by atoms with Crippen molar-refractivity contribution in [2.75, 3.05) is 68.5 Å². The molecular weight excluding hydrogens is 654 g/mol. The first-order valence-electron chi connectivity index (χ1n) is 18.9. The molecule has 0 bridgehead atoms. The molecule has 4 aromatic rings. The van der Waals surface area contributed by atoms with Gasteiger partial charge in [-0.25, -0.2) is 4.98 Å². The molecule has 3 aliphatic heterocycles. The van der Waals surface area contributed by atoms with Crippen LogP contribution in [0.3, 0.4) is 0 Å². The fraction of sp³-hybridized carbons (Fsp3) is 0.475. The highest BCUT2D eigenvalue weighted by atomic mass is 16.2. The number of carbonyl (C=O) groups excluding carboxylic acids is 3. The average Bonchev–Trinajstić information content (AvgIpc) is 3.83. The summed E-state index contributed by atoms with van der Waals surface area (Å²) in [5.74, 6) is -0.0669. The summed E-state index contributed by atoms with van der Waals surface area (Å²) in [5.41, 5.74) is 5.84. The van der Waals surface area contributed by atoms with Gasteiger partial charge in [0.1, 0.15) is 11.3 Å². The van der Waals surface area contributed by atoms with Crippen LogP contribution in [0.2, 0.25) is 0 Å². The first kappa shape index (κ1) is 34.1. The zero-order valence-corrected chi connectivity index (χ0v) is 30.3. The van der Waals surface area contributed by atoms with Crippen molar-refractivity contribution in [3.63, 3.8) is 0 Å². The third kappa shape index (κ3) is 6.96. The van der Waals surface area contributed by atoms with Gasteiger partial charge >= 0.3 is 0 Å². The van der Waals surface area contributed by atoms with Gasteiger partial charge in [-0.2, -0.15) is 4.98 Å². The van der Waals surface area contributed by atoms with Gasteiger partial charge in [-0.1, -0.05) is 25.0 Å². The lowest BCUT2D eigenvalue weighted by Crippen LogP contribution is -2.53. The van der Waals surface area contributed by atoms with E-state index in [0.29, 0.717) is 30.5 Å². The number of piperidine rings is 2. The van der Waals surface area contributed by atoms with Crippen molar-refractivity contribution in [2.45, 2.75) is 69.4 Å². The minimum atomic E-state index is -0.238. The predicted molar refractivity (Wildman–Crippen MR) is 203 cm³/mol. The Hall–Kier alpha value is -4.97. The number of rotatable bonds is 8. The fourth-order valence-corrected chi connectivity index (χ4v) is 8.64. The smallest absolute Gasteiger partial charge is 0.270 e. The van der Waals surface area contributed by atoms with Crippen molar-refractivity contribution < 1.29 is 14.4 Å². The van der Waals surface area contributed by atoms with E-state index in [9.17, 15) is 14.4 Å². The van der Waals surface area contributed by atoms with E-state index in [2.05, 4.69) is 83.4 Å². The van der Waals surface area contributed by atoms with Gasteiger partial charge < -0.3 is 24.6 Å². The molecule has 272 valence electrons. The van der Waals surface area contributed by atoms with Crippen LogP contribution in [-0.2, 0) is 9.59 Å². The Morgan fingerprint density at radius 1 is 0.808 bits per heavy atom. The summed E-state index contributed by atoms with van der Waals surface area (Å²) in [6.07, 6.45) is 9.55. The van der Waals surface area contributed by atoms with Crippen molar-refractivity contribution in [1.29, 1.82) is 0 Å². The zero-order chi connectivity index (χ0) is 35.8. The molecule has 1 unspecified atom stereocenters. The molecule has 12 nitrogen and oxygen atoms in total. The van der Waals surface area contributed by atoms with Crippen molar-refractivity contribution in [3.8, 4) is 0 Å². The molecule has 2 N–H and O–H groups in total. The minimum absolute atomic E-state index is 0.00561. The Labute approximate surface area is 305 Å². The monoisotopic (exact) mass is 703 g/mol. The number of fused-ring (bicyclic) bond motifs is 1. The zero-order valence-electron chi connectivity index (χ0n) is 30.3. The molecule has 0 radical (unpaired) electrons. The molecule has 3 amide bonds. The normalized spacial score (nSPS) is 20.8. The van der Waals surface area contributed by atoms with Crippen LogP contribution in [0.25, 0.3) is 11.0 Å². The number of aromatic nitrogens is 3. The lowest BCUT2D eigenvalue weighted by Gasteiger charge is -2.44. The van der Waals surface area contributed by atoms with E-state index < -0.39 is 0 Å². The lowest BCUT2D eigenvalue weighted by molar-refractivity contribution is -0.134. The van der Waals surface area contributed by atoms with Crippen LogP contribution in [0.1, 0.15) is 79.4 Å². The molecule has 2 aromatic heterocycles. The molecule has 1 aliphatic carbocycles. The van der Waals surface area contributed by atoms with E-state index in [1.807, 2.05) is 12.3 Å². The number of nitrogens with one attached hydrogen (secondary N) is 2. The van der Waals surface area contributed by atoms with Gasteiger partial charge in [0, 0.05) is 101 Å². The van der Waals surface area contributed by atoms with Gasteiger partial charge in [0.25, 0.3) is 5.91 Å². The number of nitrogens with zero attached hydrogens (tertiary/aromatic N) is 7. The van der Waals surface area contributed by atoms with Crippen molar-refractivity contribution >= 4 is 51.8 Å². The van der Waals surface area contributed by atoms with Gasteiger partial charge in [-0.15, -0.1) is 0 Å². The topological polar surface area (TPSA) is 119 Å². The maximum Gasteiger partial charge on any atom is 0.270 e. The number of piperazine rings is 1. The van der Waals surface area contributed by atoms with Crippen LogP contribution in [0.5, 0.6) is 0 Å². The van der Waals surface area contributed by atoms with Gasteiger partial charge in [0.2, 0.25) is 17.8 Å². The van der Waals surface area contributed by atoms with E-state index in [1.165, 1.54) is 24.2 Å². The van der Waals surface area contributed by atoms with E-state index >= 15 is 0 Å². The molecule has 1 saturated carbocycles. The number of anilines is 4. The largest absolute Gasteiger partial charge is 0.371 e. The maximum atomic E-state index is 13.1. The fourth-order valence-electron chi connectivity index (χ4n) is 8.64. The summed E-state index contributed by atoms with van der Waals surface area (Å²) >= 11 is 0. The highest BCUT2D eigenvalue weighted by Crippen LogP contribution is 2.35. The van der Waals surface area contributed by atoms with E-state index in [-0.39, 0.29) is 29.7 Å². The number of amides is 3. The van der Waals surface area contributed by atoms with Crippen LogP contribution in [0, 0.1) is 0 Å². The highest BCUT2D eigenvalue weighted by Gasteiger charge is 2.30. The van der Waals surface area contributed by atoms with E-state index in [4.69, 9.17) is 4.98 Å². The number of hydrogen-bond acceptors (Lipinski definition) is 9. The first-order chi connectivity index (χ1) is 25.3.